The molecule has 0 atom stereocenters. The van der Waals surface area contributed by atoms with Crippen LogP contribution in [0, 0.1) is 15.5 Å². The molecule has 1 aromatic carbocycles. The third-order valence-corrected chi connectivity index (χ3v) is 5.45. The van der Waals surface area contributed by atoms with Crippen molar-refractivity contribution >= 4 is 5.69 Å². The highest BCUT2D eigenvalue weighted by atomic mass is 16.6. The van der Waals surface area contributed by atoms with Crippen LogP contribution in [0.25, 0.3) is 0 Å². The van der Waals surface area contributed by atoms with Gasteiger partial charge in [0.05, 0.1) is 4.92 Å². The number of nitro groups is 1. The summed E-state index contributed by atoms with van der Waals surface area (Å²) < 4.78 is 0. The molecule has 0 amide bonds. The Balaban J connectivity index is 1.46. The third-order valence-electron chi connectivity index (χ3n) is 5.45. The zero-order chi connectivity index (χ0) is 14.7. The topological polar surface area (TPSA) is 55.2 Å². The molecule has 2 aliphatic carbocycles. The molecule has 114 valence electrons. The lowest BCUT2D eigenvalue weighted by atomic mass is 9.71. The fourth-order valence-corrected chi connectivity index (χ4v) is 4.06. The van der Waals surface area contributed by atoms with Gasteiger partial charge in [0, 0.05) is 24.7 Å². The molecule has 1 spiro atoms. The Morgan fingerprint density at radius 3 is 2.29 bits per heavy atom. The largest absolute Gasteiger partial charge is 0.310 e. The van der Waals surface area contributed by atoms with Gasteiger partial charge in [-0.15, -0.1) is 0 Å². The Labute approximate surface area is 126 Å². The van der Waals surface area contributed by atoms with Gasteiger partial charge >= 0.3 is 0 Å². The summed E-state index contributed by atoms with van der Waals surface area (Å²) in [5.74, 6) is 0. The number of benzene rings is 1. The van der Waals surface area contributed by atoms with E-state index >= 15 is 0 Å². The summed E-state index contributed by atoms with van der Waals surface area (Å²) in [4.78, 5) is 10.3. The average Bonchev–Trinajstić information content (AvgIpc) is 2.95. The smallest absolute Gasteiger partial charge is 0.269 e. The molecule has 0 unspecified atom stereocenters. The van der Waals surface area contributed by atoms with E-state index in [2.05, 4.69) is 5.32 Å². The summed E-state index contributed by atoms with van der Waals surface area (Å²) >= 11 is 0. The van der Waals surface area contributed by atoms with Crippen LogP contribution in [0.15, 0.2) is 24.3 Å². The van der Waals surface area contributed by atoms with E-state index in [0.717, 1.165) is 12.1 Å². The van der Waals surface area contributed by atoms with Crippen LogP contribution in [0.4, 0.5) is 5.69 Å². The van der Waals surface area contributed by atoms with Crippen molar-refractivity contribution < 1.29 is 4.92 Å². The van der Waals surface area contributed by atoms with Crippen LogP contribution in [0.2, 0.25) is 0 Å². The predicted molar refractivity (Wildman–Crippen MR) is 83.1 cm³/mol. The van der Waals surface area contributed by atoms with Gasteiger partial charge in [-0.05, 0) is 49.5 Å². The number of nitro benzene ring substituents is 1. The normalized spacial score (nSPS) is 21.7. The second kappa shape index (κ2) is 6.14. The van der Waals surface area contributed by atoms with Gasteiger partial charge in [0.2, 0.25) is 0 Å². The van der Waals surface area contributed by atoms with Crippen LogP contribution < -0.4 is 5.32 Å². The van der Waals surface area contributed by atoms with E-state index in [0.29, 0.717) is 11.5 Å². The third kappa shape index (κ3) is 3.43. The highest BCUT2D eigenvalue weighted by molar-refractivity contribution is 5.32. The van der Waals surface area contributed by atoms with Crippen LogP contribution >= 0.6 is 0 Å². The standard InChI is InChI=1S/C17H24N2O2/c20-19(21)16-5-3-14(4-6-16)13-18-15-7-11-17(12-8-15)9-1-2-10-17/h3-6,15,18H,1-2,7-13H2. The summed E-state index contributed by atoms with van der Waals surface area (Å²) in [5, 5.41) is 14.3. The van der Waals surface area contributed by atoms with Crippen molar-refractivity contribution in [3.8, 4) is 0 Å². The van der Waals surface area contributed by atoms with Crippen molar-refractivity contribution in [3.05, 3.63) is 39.9 Å². The van der Waals surface area contributed by atoms with E-state index < -0.39 is 0 Å². The molecule has 0 aromatic heterocycles. The van der Waals surface area contributed by atoms with Crippen molar-refractivity contribution in [1.29, 1.82) is 0 Å². The van der Waals surface area contributed by atoms with Gasteiger partial charge in [0.25, 0.3) is 5.69 Å². The molecule has 0 radical (unpaired) electrons. The average molecular weight is 288 g/mol. The van der Waals surface area contributed by atoms with Crippen LogP contribution in [0.1, 0.15) is 56.9 Å². The van der Waals surface area contributed by atoms with Gasteiger partial charge in [0.15, 0.2) is 0 Å². The molecule has 0 aliphatic heterocycles. The van der Waals surface area contributed by atoms with E-state index in [1.165, 1.54) is 51.4 Å². The number of nitrogens with one attached hydrogen (secondary N) is 1. The Hall–Kier alpha value is -1.42. The molecule has 0 bridgehead atoms. The predicted octanol–water partition coefficient (Wildman–Crippen LogP) is 4.19. The minimum atomic E-state index is -0.348. The maximum absolute atomic E-state index is 10.6. The van der Waals surface area contributed by atoms with Gasteiger partial charge in [-0.3, -0.25) is 10.1 Å². The van der Waals surface area contributed by atoms with Crippen molar-refractivity contribution in [1.82, 2.24) is 5.32 Å². The van der Waals surface area contributed by atoms with Crippen molar-refractivity contribution in [3.63, 3.8) is 0 Å². The van der Waals surface area contributed by atoms with E-state index in [9.17, 15) is 10.1 Å². The van der Waals surface area contributed by atoms with Gasteiger partial charge in [0.1, 0.15) is 0 Å². The molecule has 4 nitrogen and oxygen atoms in total. The first-order chi connectivity index (χ1) is 10.2. The lowest BCUT2D eigenvalue weighted by molar-refractivity contribution is -0.384. The molecule has 2 saturated carbocycles. The lowest BCUT2D eigenvalue weighted by Gasteiger charge is -2.37. The highest BCUT2D eigenvalue weighted by Gasteiger charge is 2.37. The van der Waals surface area contributed by atoms with Crippen molar-refractivity contribution in [2.75, 3.05) is 0 Å². The Kier molecular flexibility index (Phi) is 4.24. The van der Waals surface area contributed by atoms with E-state index in [1.54, 1.807) is 12.1 Å². The quantitative estimate of drug-likeness (QED) is 0.667. The summed E-state index contributed by atoms with van der Waals surface area (Å²) in [5.41, 5.74) is 1.98. The second-order valence-corrected chi connectivity index (χ2v) is 6.79. The lowest BCUT2D eigenvalue weighted by Crippen LogP contribution is -2.36. The van der Waals surface area contributed by atoms with Gasteiger partial charge in [-0.2, -0.15) is 0 Å². The molecule has 1 aromatic rings. The van der Waals surface area contributed by atoms with Gasteiger partial charge in [-0.25, -0.2) is 0 Å². The molecule has 4 heteroatoms. The maximum atomic E-state index is 10.6. The Morgan fingerprint density at radius 2 is 1.71 bits per heavy atom. The van der Waals surface area contributed by atoms with Crippen LogP contribution in [0.3, 0.4) is 0 Å². The van der Waals surface area contributed by atoms with Crippen molar-refractivity contribution in [2.45, 2.75) is 64.0 Å². The van der Waals surface area contributed by atoms with E-state index in [4.69, 9.17) is 0 Å². The molecule has 0 heterocycles. The number of hydrogen-bond donors (Lipinski definition) is 1. The minimum Gasteiger partial charge on any atom is -0.310 e. The van der Waals surface area contributed by atoms with E-state index in [-0.39, 0.29) is 10.6 Å². The first kappa shape index (κ1) is 14.5. The number of hydrogen-bond acceptors (Lipinski definition) is 3. The minimum absolute atomic E-state index is 0.166. The molecule has 0 saturated heterocycles. The Morgan fingerprint density at radius 1 is 1.10 bits per heavy atom. The summed E-state index contributed by atoms with van der Waals surface area (Å²) in [6.07, 6.45) is 11.1. The maximum Gasteiger partial charge on any atom is 0.269 e. The van der Waals surface area contributed by atoms with Gasteiger partial charge in [-0.1, -0.05) is 25.0 Å². The zero-order valence-electron chi connectivity index (χ0n) is 12.5. The zero-order valence-corrected chi connectivity index (χ0v) is 12.5. The monoisotopic (exact) mass is 288 g/mol. The molecular formula is C17H24N2O2. The highest BCUT2D eigenvalue weighted by Crippen LogP contribution is 2.48. The first-order valence-electron chi connectivity index (χ1n) is 8.14. The number of nitrogens with zero attached hydrogens (tertiary/aromatic N) is 1. The van der Waals surface area contributed by atoms with Crippen molar-refractivity contribution in [2.24, 2.45) is 5.41 Å². The summed E-state index contributed by atoms with van der Waals surface area (Å²) in [7, 11) is 0. The summed E-state index contributed by atoms with van der Waals surface area (Å²) in [6.45, 7) is 0.815. The number of non-ortho nitro benzene ring substituents is 1. The Bertz CT molecular complexity index is 482. The fourth-order valence-electron chi connectivity index (χ4n) is 4.06. The summed E-state index contributed by atoms with van der Waals surface area (Å²) in [6, 6.07) is 7.50. The second-order valence-electron chi connectivity index (χ2n) is 6.79. The first-order valence-corrected chi connectivity index (χ1v) is 8.14. The molecule has 21 heavy (non-hydrogen) atoms. The fraction of sp³-hybridized carbons (Fsp3) is 0.647. The van der Waals surface area contributed by atoms with E-state index in [1.807, 2.05) is 12.1 Å². The molecule has 1 N–H and O–H groups in total. The van der Waals surface area contributed by atoms with Crippen LogP contribution in [-0.2, 0) is 6.54 Å². The van der Waals surface area contributed by atoms with Crippen LogP contribution in [-0.4, -0.2) is 11.0 Å². The molecule has 2 aliphatic rings. The van der Waals surface area contributed by atoms with Crippen LogP contribution in [0.5, 0.6) is 0 Å². The molecule has 3 rings (SSSR count). The number of rotatable bonds is 4. The molecular weight excluding hydrogens is 264 g/mol. The molecule has 2 fully saturated rings. The van der Waals surface area contributed by atoms with Gasteiger partial charge < -0.3 is 5.32 Å². The SMILES string of the molecule is O=[N+]([O-])c1ccc(CNC2CCC3(CCCC3)CC2)cc1.